The van der Waals surface area contributed by atoms with Gasteiger partial charge in [-0.25, -0.2) is 20.0 Å². The number of hydrogen-bond acceptors (Lipinski definition) is 8. The van der Waals surface area contributed by atoms with Crippen molar-refractivity contribution in [2.24, 2.45) is 20.0 Å². The van der Waals surface area contributed by atoms with Crippen LogP contribution in [-0.2, 0) is 0 Å². The minimum atomic E-state index is 0. The number of hydrogen-bond donors (Lipinski definition) is 0. The molecule has 0 saturated carbocycles. The van der Waals surface area contributed by atoms with Crippen molar-refractivity contribution < 1.29 is 0 Å². The third-order valence-corrected chi connectivity index (χ3v) is 10.3. The van der Waals surface area contributed by atoms with Gasteiger partial charge in [0.25, 0.3) is 0 Å². The Labute approximate surface area is 333 Å². The second-order valence-electron chi connectivity index (χ2n) is 13.7. The average Bonchev–Trinajstić information content (AvgIpc) is 4.10. The molecule has 0 N–H and O–H groups in total. The van der Waals surface area contributed by atoms with E-state index in [1.807, 2.05) is 97.6 Å². The quantitative estimate of drug-likeness (QED) is 0.179. The van der Waals surface area contributed by atoms with Crippen LogP contribution in [0.25, 0.3) is 44.1 Å². The minimum absolute atomic E-state index is 0. The summed E-state index contributed by atoms with van der Waals surface area (Å²) in [6.07, 6.45) is 27.5. The van der Waals surface area contributed by atoms with E-state index in [4.69, 9.17) is 29.9 Å². The molecule has 57 heavy (non-hydrogen) atoms. The summed E-state index contributed by atoms with van der Waals surface area (Å²) >= 11 is 0. The van der Waals surface area contributed by atoms with Crippen molar-refractivity contribution in [1.29, 1.82) is 0 Å². The number of aliphatic imine (C=N–C) groups is 4. The number of halogens is 1. The number of rotatable bonds is 4. The first kappa shape index (κ1) is 34.0. The highest BCUT2D eigenvalue weighted by atomic mass is 35.5. The van der Waals surface area contributed by atoms with Gasteiger partial charge in [-0.15, -0.1) is 12.4 Å². The number of aromatic nitrogens is 4. The van der Waals surface area contributed by atoms with Gasteiger partial charge in [-0.3, -0.25) is 19.9 Å². The van der Waals surface area contributed by atoms with Gasteiger partial charge in [0.15, 0.2) is 0 Å². The molecule has 0 radical (unpaired) electrons. The predicted molar refractivity (Wildman–Crippen MR) is 233 cm³/mol. The second-order valence-corrected chi connectivity index (χ2v) is 13.7. The Morgan fingerprint density at radius 3 is 1.07 bits per heavy atom. The standard InChI is InChI=1S/C48H28N8.ClH/c1-3-11-35-29(7-1)23-33(27-51-35)47-41-17-15-39(54-41)45(31-9-5-21-49-25-31)37-13-14-38(53-37)46(32-10-6-22-50-26-32)40-16-18-42(55-40)48(44-20-19-43(47)56-44)34-24-30-8-2-4-12-36(30)52-28-34;/h1-28H;1H. The molecule has 0 unspecified atom stereocenters. The first-order valence-corrected chi connectivity index (χ1v) is 18.3. The van der Waals surface area contributed by atoms with Crippen LogP contribution in [-0.4, -0.2) is 42.8 Å². The minimum Gasteiger partial charge on any atom is -0.264 e. The molecular formula is C48H29ClN8. The summed E-state index contributed by atoms with van der Waals surface area (Å²) in [5.74, 6) is 0. The van der Waals surface area contributed by atoms with Gasteiger partial charge >= 0.3 is 0 Å². The lowest BCUT2D eigenvalue weighted by Gasteiger charge is -2.12. The van der Waals surface area contributed by atoms with Gasteiger partial charge in [-0.2, -0.15) is 0 Å². The van der Waals surface area contributed by atoms with Gasteiger partial charge < -0.3 is 0 Å². The molecule has 8 bridgehead atoms. The third-order valence-electron chi connectivity index (χ3n) is 10.3. The summed E-state index contributed by atoms with van der Waals surface area (Å²) in [4.78, 5) is 40.1. The zero-order chi connectivity index (χ0) is 37.0. The second kappa shape index (κ2) is 13.9. The van der Waals surface area contributed by atoms with E-state index < -0.39 is 0 Å². The fraction of sp³-hybridized carbons (Fsp3) is 0. The molecule has 5 aliphatic rings. The molecule has 0 fully saturated rings. The topological polar surface area (TPSA) is 101 Å². The van der Waals surface area contributed by atoms with E-state index in [0.717, 1.165) is 112 Å². The van der Waals surface area contributed by atoms with E-state index in [1.54, 1.807) is 12.4 Å². The van der Waals surface area contributed by atoms with Gasteiger partial charge in [0.05, 0.1) is 56.7 Å². The number of fused-ring (bicyclic) bond motifs is 6. The van der Waals surface area contributed by atoms with E-state index in [-0.39, 0.29) is 12.4 Å². The van der Waals surface area contributed by atoms with Gasteiger partial charge in [0.2, 0.25) is 0 Å². The van der Waals surface area contributed by atoms with E-state index in [0.29, 0.717) is 0 Å². The number of nitrogens with zero attached hydrogens (tertiary/aromatic N) is 8. The molecule has 2 aromatic carbocycles. The van der Waals surface area contributed by atoms with Crippen LogP contribution in [0.4, 0.5) is 0 Å². The van der Waals surface area contributed by atoms with Crippen molar-refractivity contribution in [2.75, 3.05) is 0 Å². The maximum Gasteiger partial charge on any atom is 0.0738 e. The van der Waals surface area contributed by atoms with Crippen LogP contribution in [0, 0.1) is 0 Å². The zero-order valence-electron chi connectivity index (χ0n) is 30.2. The Hall–Kier alpha value is -7.55. The van der Waals surface area contributed by atoms with E-state index in [2.05, 4.69) is 70.7 Å². The molecule has 4 aromatic heterocycles. The van der Waals surface area contributed by atoms with E-state index in [9.17, 15) is 0 Å². The Balaban J connectivity index is 0.00000396. The van der Waals surface area contributed by atoms with Crippen molar-refractivity contribution in [3.63, 3.8) is 0 Å². The highest BCUT2D eigenvalue weighted by Gasteiger charge is 2.28. The van der Waals surface area contributed by atoms with Crippen molar-refractivity contribution >= 4 is 79.4 Å². The Bertz CT molecular complexity index is 2980. The van der Waals surface area contributed by atoms with Gasteiger partial charge in [-0.1, -0.05) is 48.5 Å². The maximum atomic E-state index is 5.39. The number of allylic oxidation sites excluding steroid dienone is 12. The number of para-hydroxylation sites is 2. The molecule has 0 amide bonds. The lowest BCUT2D eigenvalue weighted by atomic mass is 9.98. The van der Waals surface area contributed by atoms with E-state index >= 15 is 0 Å². The Morgan fingerprint density at radius 2 is 0.702 bits per heavy atom. The molecule has 0 atom stereocenters. The molecule has 11 rings (SSSR count). The summed E-state index contributed by atoms with van der Waals surface area (Å²) in [5.41, 5.74) is 15.1. The molecule has 5 aliphatic heterocycles. The number of benzene rings is 2. The molecule has 0 spiro atoms. The Kier molecular flexibility index (Phi) is 8.31. The van der Waals surface area contributed by atoms with Crippen molar-refractivity contribution in [3.8, 4) is 0 Å². The summed E-state index contributed by atoms with van der Waals surface area (Å²) < 4.78 is 0. The van der Waals surface area contributed by atoms with Crippen LogP contribution in [0.15, 0.2) is 213 Å². The molecule has 9 heteroatoms. The van der Waals surface area contributed by atoms with Crippen LogP contribution in [0.2, 0.25) is 0 Å². The average molecular weight is 753 g/mol. The molecule has 0 saturated heterocycles. The van der Waals surface area contributed by atoms with Crippen LogP contribution in [0.1, 0.15) is 22.3 Å². The molecule has 268 valence electrons. The largest absolute Gasteiger partial charge is 0.264 e. The first-order chi connectivity index (χ1) is 27.7. The fourth-order valence-electron chi connectivity index (χ4n) is 7.71. The SMILES string of the molecule is C1=CC2=C(c3cccnc3)C3=NC(=C(c4cnc5ccccc5c4)C4=NC(=C(c5cnc6ccccc6c5)C5=NC(=C(c6cccnc6)C1=N2)C=C5)C=C4)C=C3.Cl. The normalized spacial score (nSPS) is 16.8. The highest BCUT2D eigenvalue weighted by molar-refractivity contribution is 6.39. The third kappa shape index (κ3) is 5.96. The van der Waals surface area contributed by atoms with Crippen molar-refractivity contribution in [2.45, 2.75) is 0 Å². The summed E-state index contributed by atoms with van der Waals surface area (Å²) in [6.45, 7) is 0. The highest BCUT2D eigenvalue weighted by Crippen LogP contribution is 2.38. The van der Waals surface area contributed by atoms with Gasteiger partial charge in [-0.05, 0) is 85.0 Å². The monoisotopic (exact) mass is 752 g/mol. The maximum absolute atomic E-state index is 5.39. The van der Waals surface area contributed by atoms with Crippen LogP contribution >= 0.6 is 12.4 Å². The fourth-order valence-corrected chi connectivity index (χ4v) is 7.71. The summed E-state index contributed by atoms with van der Waals surface area (Å²) in [7, 11) is 0. The molecular weight excluding hydrogens is 724 g/mol. The van der Waals surface area contributed by atoms with E-state index in [1.165, 1.54) is 0 Å². The number of pyridine rings is 4. The van der Waals surface area contributed by atoms with Crippen LogP contribution < -0.4 is 0 Å². The van der Waals surface area contributed by atoms with Crippen LogP contribution in [0.3, 0.4) is 0 Å². The predicted octanol–water partition coefficient (Wildman–Crippen LogP) is 10.00. The molecule has 6 aromatic rings. The van der Waals surface area contributed by atoms with Crippen molar-refractivity contribution in [3.05, 3.63) is 216 Å². The Morgan fingerprint density at radius 1 is 0.333 bits per heavy atom. The molecule has 0 aliphatic carbocycles. The first-order valence-electron chi connectivity index (χ1n) is 18.3. The van der Waals surface area contributed by atoms with Crippen LogP contribution in [0.5, 0.6) is 0 Å². The van der Waals surface area contributed by atoms with Gasteiger partial charge in [0.1, 0.15) is 0 Å². The summed E-state index contributed by atoms with van der Waals surface area (Å²) in [5, 5.41) is 2.06. The lowest BCUT2D eigenvalue weighted by Crippen LogP contribution is -2.04. The summed E-state index contributed by atoms with van der Waals surface area (Å²) in [6, 6.07) is 28.5. The van der Waals surface area contributed by atoms with Crippen molar-refractivity contribution in [1.82, 2.24) is 19.9 Å². The molecule has 9 heterocycles. The van der Waals surface area contributed by atoms with Gasteiger partial charge in [0, 0.05) is 92.5 Å². The zero-order valence-corrected chi connectivity index (χ0v) is 31.0. The lowest BCUT2D eigenvalue weighted by molar-refractivity contribution is 1.30. The molecule has 8 nitrogen and oxygen atoms in total. The smallest absolute Gasteiger partial charge is 0.0738 e.